The molecule has 1 aromatic heterocycles. The number of ether oxygens (including phenoxy) is 1. The molecule has 36 heavy (non-hydrogen) atoms. The van der Waals surface area contributed by atoms with Crippen molar-refractivity contribution in [1.82, 2.24) is 4.98 Å². The Morgan fingerprint density at radius 3 is 2.17 bits per heavy atom. The Kier molecular flexibility index (Phi) is 6.06. The van der Waals surface area contributed by atoms with Crippen LogP contribution in [-0.2, 0) is 18.1 Å². The second-order valence-corrected chi connectivity index (χ2v) is 25.9. The minimum absolute atomic E-state index is 0.134. The van der Waals surface area contributed by atoms with E-state index in [9.17, 15) is 0 Å². The maximum absolute atomic E-state index is 7.01. The van der Waals surface area contributed by atoms with Crippen LogP contribution in [0, 0.1) is 10.8 Å². The average molecular weight is 540 g/mol. The van der Waals surface area contributed by atoms with Gasteiger partial charge in [-0.1, -0.05) is 20.8 Å². The molecule has 0 saturated carbocycles. The van der Waals surface area contributed by atoms with Crippen molar-refractivity contribution >= 4 is 34.8 Å². The summed E-state index contributed by atoms with van der Waals surface area (Å²) in [4.78, 5) is 4.98. The second-order valence-electron chi connectivity index (χ2n) is 14.4. The number of aromatic nitrogens is 1. The molecular formula is C33H41GeNO. The number of hydrogen-bond acceptors (Lipinski definition) is 2. The molecule has 1 aliphatic heterocycles. The third-order valence-electron chi connectivity index (χ3n) is 6.85. The van der Waals surface area contributed by atoms with Crippen LogP contribution in [0.5, 0.6) is 11.5 Å². The van der Waals surface area contributed by atoms with E-state index in [2.05, 4.69) is 101 Å². The van der Waals surface area contributed by atoms with E-state index in [-0.39, 0.29) is 10.8 Å². The summed E-state index contributed by atoms with van der Waals surface area (Å²) in [5.41, 5.74) is 6.65. The Morgan fingerprint density at radius 2 is 1.50 bits per heavy atom. The molecule has 0 amide bonds. The van der Waals surface area contributed by atoms with E-state index in [1.807, 2.05) is 6.20 Å². The molecule has 0 bridgehead atoms. The molecule has 3 aromatic carbocycles. The van der Waals surface area contributed by atoms with Crippen molar-refractivity contribution < 1.29 is 4.74 Å². The SMILES string of the molecule is CC(C)(C)Cc1ccc2c(CC(C)(C)C)c3c(cc2c1)-c1nccc2ccc([CH2][Ge]([CH3])([CH3])[CH3])c(c12)O3. The van der Waals surface area contributed by atoms with E-state index in [0.717, 1.165) is 40.9 Å². The molecular weight excluding hydrogens is 499 g/mol. The molecule has 0 N–H and O–H groups in total. The summed E-state index contributed by atoms with van der Waals surface area (Å²) in [5, 5.41) is 6.14. The van der Waals surface area contributed by atoms with Gasteiger partial charge in [-0.05, 0) is 0 Å². The Balaban J connectivity index is 1.81. The number of rotatable bonds is 4. The summed E-state index contributed by atoms with van der Waals surface area (Å²) in [6.07, 6.45) is 3.97. The fourth-order valence-electron chi connectivity index (χ4n) is 5.65. The molecule has 4 aromatic rings. The first kappa shape index (κ1) is 25.3. The zero-order valence-electron chi connectivity index (χ0n) is 23.6. The Labute approximate surface area is 219 Å². The van der Waals surface area contributed by atoms with Gasteiger partial charge in [-0.25, -0.2) is 0 Å². The first-order chi connectivity index (χ1) is 16.7. The van der Waals surface area contributed by atoms with Crippen molar-refractivity contribution in [3.8, 4) is 22.8 Å². The van der Waals surface area contributed by atoms with Crippen LogP contribution < -0.4 is 4.74 Å². The van der Waals surface area contributed by atoms with E-state index in [4.69, 9.17) is 9.72 Å². The first-order valence-corrected chi connectivity index (χ1v) is 21.1. The zero-order valence-corrected chi connectivity index (χ0v) is 25.7. The van der Waals surface area contributed by atoms with Crippen molar-refractivity contribution in [2.45, 2.75) is 76.9 Å². The summed E-state index contributed by atoms with van der Waals surface area (Å²) < 4.78 is 7.01. The van der Waals surface area contributed by atoms with Crippen molar-refractivity contribution in [2.75, 3.05) is 0 Å². The molecule has 188 valence electrons. The molecule has 1 aliphatic rings. The number of fused-ring (bicyclic) bond motifs is 3. The minimum atomic E-state index is -1.87. The summed E-state index contributed by atoms with van der Waals surface area (Å²) in [6.45, 7) is 13.9. The Morgan fingerprint density at radius 1 is 0.778 bits per heavy atom. The van der Waals surface area contributed by atoms with Crippen LogP contribution in [0.2, 0.25) is 17.3 Å². The average Bonchev–Trinajstić information content (AvgIpc) is 2.73. The van der Waals surface area contributed by atoms with Crippen molar-refractivity contribution in [3.05, 3.63) is 65.4 Å². The van der Waals surface area contributed by atoms with Crippen molar-refractivity contribution in [2.24, 2.45) is 10.8 Å². The van der Waals surface area contributed by atoms with E-state index >= 15 is 0 Å². The monoisotopic (exact) mass is 541 g/mol. The summed E-state index contributed by atoms with van der Waals surface area (Å²) in [5.74, 6) is 9.49. The normalized spacial score (nSPS) is 13.7. The van der Waals surface area contributed by atoms with E-state index in [1.165, 1.54) is 38.2 Å². The van der Waals surface area contributed by atoms with Gasteiger partial charge < -0.3 is 0 Å². The van der Waals surface area contributed by atoms with Gasteiger partial charge in [0, 0.05) is 0 Å². The van der Waals surface area contributed by atoms with Crippen LogP contribution in [0.3, 0.4) is 0 Å². The van der Waals surface area contributed by atoms with E-state index in [0.29, 0.717) is 0 Å². The molecule has 0 atom stereocenters. The number of pyridine rings is 1. The second kappa shape index (κ2) is 8.62. The van der Waals surface area contributed by atoms with Gasteiger partial charge >= 0.3 is 200 Å². The fourth-order valence-corrected chi connectivity index (χ4v) is 8.63. The zero-order chi connectivity index (χ0) is 26.0. The molecule has 2 heterocycles. The van der Waals surface area contributed by atoms with Gasteiger partial charge in [0.05, 0.1) is 0 Å². The Bertz CT molecular complexity index is 1480. The molecule has 0 spiro atoms. The van der Waals surface area contributed by atoms with Gasteiger partial charge in [-0.15, -0.1) is 0 Å². The molecule has 2 nitrogen and oxygen atoms in total. The van der Waals surface area contributed by atoms with Gasteiger partial charge in [0.15, 0.2) is 0 Å². The quantitative estimate of drug-likeness (QED) is 0.212. The predicted molar refractivity (Wildman–Crippen MR) is 158 cm³/mol. The molecule has 0 unspecified atom stereocenters. The van der Waals surface area contributed by atoms with Gasteiger partial charge in [0.1, 0.15) is 0 Å². The van der Waals surface area contributed by atoms with E-state index < -0.39 is 13.3 Å². The van der Waals surface area contributed by atoms with E-state index in [1.54, 1.807) is 0 Å². The molecule has 0 saturated heterocycles. The first-order valence-electron chi connectivity index (χ1n) is 13.4. The van der Waals surface area contributed by atoms with Gasteiger partial charge in [-0.3, -0.25) is 0 Å². The van der Waals surface area contributed by atoms with Crippen LogP contribution in [0.4, 0.5) is 0 Å². The standard InChI is InChI=1S/C33H41GeNO/c1-32(2,3)18-21-10-13-25-24(16-21)17-26-29-28-22(14-15-35-29)11-12-23(20-34(7,8)9)30(28)36-31(26)27(25)19-33(4,5)6/h10-17H,18-20H2,1-9H3. The van der Waals surface area contributed by atoms with Crippen LogP contribution in [-0.4, -0.2) is 18.3 Å². The topological polar surface area (TPSA) is 22.1 Å². The molecule has 5 rings (SSSR count). The summed E-state index contributed by atoms with van der Waals surface area (Å²) in [7, 11) is 0. The fraction of sp³-hybridized carbons (Fsp3) is 0.424. The van der Waals surface area contributed by atoms with Crippen molar-refractivity contribution in [3.63, 3.8) is 0 Å². The maximum atomic E-state index is 7.01. The van der Waals surface area contributed by atoms with Crippen LogP contribution >= 0.6 is 0 Å². The predicted octanol–water partition coefficient (Wildman–Crippen LogP) is 9.76. The number of nitrogens with zero attached hydrogens (tertiary/aromatic N) is 1. The van der Waals surface area contributed by atoms with Gasteiger partial charge in [0.25, 0.3) is 0 Å². The van der Waals surface area contributed by atoms with Gasteiger partial charge in [-0.2, -0.15) is 0 Å². The number of hydrogen-bond donors (Lipinski definition) is 0. The number of benzene rings is 3. The Hall–Kier alpha value is -2.33. The van der Waals surface area contributed by atoms with Crippen molar-refractivity contribution in [1.29, 1.82) is 0 Å². The molecule has 0 fully saturated rings. The van der Waals surface area contributed by atoms with Crippen LogP contribution in [0.25, 0.3) is 32.8 Å². The van der Waals surface area contributed by atoms with Gasteiger partial charge in [0.2, 0.25) is 0 Å². The molecule has 3 heteroatoms. The molecule has 0 aliphatic carbocycles. The van der Waals surface area contributed by atoms with Crippen LogP contribution in [0.15, 0.2) is 48.7 Å². The molecule has 0 radical (unpaired) electrons. The summed E-state index contributed by atoms with van der Waals surface area (Å²) >= 11 is -1.87. The summed E-state index contributed by atoms with van der Waals surface area (Å²) in [6, 6.07) is 16.1. The third-order valence-corrected chi connectivity index (χ3v) is 9.87. The van der Waals surface area contributed by atoms with Crippen LogP contribution in [0.1, 0.15) is 58.2 Å². The third kappa shape index (κ3) is 5.07.